The van der Waals surface area contributed by atoms with Gasteiger partial charge in [-0.25, -0.2) is 4.99 Å². The Morgan fingerprint density at radius 2 is 1.04 bits per heavy atom. The summed E-state index contributed by atoms with van der Waals surface area (Å²) in [6.07, 6.45) is 0.970. The third-order valence-electron chi connectivity index (χ3n) is 8.36. The van der Waals surface area contributed by atoms with Crippen molar-refractivity contribution in [3.05, 3.63) is 240 Å². The van der Waals surface area contributed by atoms with Crippen LogP contribution in [0.15, 0.2) is 179 Å². The lowest BCUT2D eigenvalue weighted by atomic mass is 9.87. The molecule has 0 fully saturated rings. The summed E-state index contributed by atoms with van der Waals surface area (Å²) in [6.45, 7) is 0. The van der Waals surface area contributed by atoms with E-state index < -0.39 is 171 Å². The fourth-order valence-electron chi connectivity index (χ4n) is 6.30. The third-order valence-corrected chi connectivity index (χ3v) is 8.36. The van der Waals surface area contributed by atoms with Gasteiger partial charge in [0.2, 0.25) is 0 Å². The van der Waals surface area contributed by atoms with E-state index >= 15 is 0 Å². The second-order valence-corrected chi connectivity index (χ2v) is 11.2. The highest BCUT2D eigenvalue weighted by Crippen LogP contribution is 2.42. The second-order valence-electron chi connectivity index (χ2n) is 11.2. The fourth-order valence-corrected chi connectivity index (χ4v) is 6.30. The Hall–Kier alpha value is -6.99. The topological polar surface area (TPSA) is 103 Å². The van der Waals surface area contributed by atoms with Crippen LogP contribution in [0.1, 0.15) is 78.4 Å². The number of aromatic nitrogens is 3. The Bertz CT molecular complexity index is 3710. The largest absolute Gasteiger partial charge is 0.358 e. The summed E-state index contributed by atoms with van der Waals surface area (Å²) in [4.78, 5) is 26.5. The predicted octanol–water partition coefficient (Wildman–Crippen LogP) is 7.69. The summed E-state index contributed by atoms with van der Waals surface area (Å²) in [5, 5.41) is 13.7. The Balaban J connectivity index is 1.57. The Labute approximate surface area is 321 Å². The van der Waals surface area contributed by atoms with Gasteiger partial charge < -0.3 is 15.0 Å². The number of rotatable bonds is 5. The summed E-state index contributed by atoms with van der Waals surface area (Å²) in [7, 11) is 0. The van der Waals surface area contributed by atoms with Gasteiger partial charge in [0.15, 0.2) is 5.70 Å². The summed E-state index contributed by atoms with van der Waals surface area (Å²) in [6, 6.07) is -7.18. The van der Waals surface area contributed by atoms with E-state index in [0.717, 1.165) is 6.21 Å². The molecule has 3 N–H and O–H groups in total. The molecule has 2 aliphatic heterocycles. The highest BCUT2D eigenvalue weighted by Gasteiger charge is 2.37. The fraction of sp³-hybridized carbons (Fsp3) is 0.0227. The number of nitrogens with one attached hydrogen (secondary N) is 3. The van der Waals surface area contributed by atoms with Crippen molar-refractivity contribution in [3.63, 3.8) is 0 Å². The Kier molecular flexibility index (Phi) is 3.84. The van der Waals surface area contributed by atoms with E-state index in [0.29, 0.717) is 0 Å². The van der Waals surface area contributed by atoms with Crippen LogP contribution < -0.4 is 10.7 Å². The monoisotopic (exact) mass is 681 g/mol. The lowest BCUT2D eigenvalue weighted by molar-refractivity contribution is -0.421. The van der Waals surface area contributed by atoms with Crippen LogP contribution in [0.4, 0.5) is 0 Å². The molecule has 0 aliphatic carbocycles. The van der Waals surface area contributed by atoms with E-state index in [-0.39, 0.29) is 50.2 Å². The van der Waals surface area contributed by atoms with Gasteiger partial charge in [0.1, 0.15) is 0 Å². The van der Waals surface area contributed by atoms with Crippen LogP contribution in [0.2, 0.25) is 0 Å². The zero-order chi connectivity index (χ0) is 51.7. The molecular weight excluding hydrogens is 631 g/mol. The van der Waals surface area contributed by atoms with E-state index in [4.69, 9.17) is 27.4 Å². The molecule has 5 heterocycles. The molecule has 8 bridgehead atoms. The quantitative estimate of drug-likeness (QED) is 0.128. The maximum Gasteiger partial charge on any atom is 0.301 e. The average molecular weight is 682 g/mol. The highest BCUT2D eigenvalue weighted by molar-refractivity contribution is 5.95. The number of nitrogens with zero attached hydrogens (tertiary/aromatic N) is 2. The Morgan fingerprint density at radius 3 is 1.59 bits per heavy atom. The molecule has 7 aromatic rings. The van der Waals surface area contributed by atoms with Crippen molar-refractivity contribution in [1.82, 2.24) is 15.0 Å². The zero-order valence-corrected chi connectivity index (χ0v) is 25.8. The molecule has 0 unspecified atom stereocenters. The van der Waals surface area contributed by atoms with E-state index in [1.165, 1.54) is 36.4 Å². The molecule has 0 saturated carbocycles. The van der Waals surface area contributed by atoms with Crippen molar-refractivity contribution in [1.29, 1.82) is 0 Å². The van der Waals surface area contributed by atoms with Gasteiger partial charge in [-0.15, -0.1) is 0 Å². The molecule has 7 nitrogen and oxygen atoms in total. The molecule has 1 atom stereocenters. The van der Waals surface area contributed by atoms with E-state index in [1.807, 2.05) is 0 Å². The van der Waals surface area contributed by atoms with Gasteiger partial charge >= 0.3 is 5.70 Å². The number of fused-ring (bicyclic) bond motifs is 7. The lowest BCUT2D eigenvalue weighted by Gasteiger charge is -2.17. The molecule has 244 valence electrons. The van der Waals surface area contributed by atoms with E-state index in [9.17, 15) is 10.1 Å². The van der Waals surface area contributed by atoms with Crippen molar-refractivity contribution in [2.24, 2.45) is 4.99 Å². The first-order chi connectivity index (χ1) is 33.4. The molecular formula is C44H31N5O2. The molecule has 0 saturated heterocycles. The van der Waals surface area contributed by atoms with Crippen molar-refractivity contribution in [2.45, 2.75) is 5.92 Å². The number of allylic oxidation sites excluding steroid dienone is 1. The number of H-pyrrole nitrogens is 3. The molecule has 9 rings (SSSR count). The van der Waals surface area contributed by atoms with Crippen LogP contribution >= 0.6 is 0 Å². The maximum absolute atomic E-state index is 13.8. The van der Waals surface area contributed by atoms with Gasteiger partial charge in [0.05, 0.1) is 43.8 Å². The van der Waals surface area contributed by atoms with E-state index in [2.05, 4.69) is 19.9 Å². The van der Waals surface area contributed by atoms with Gasteiger partial charge in [-0.2, -0.15) is 0 Å². The maximum atomic E-state index is 13.8. The van der Waals surface area contributed by atoms with E-state index in [1.54, 1.807) is 0 Å². The van der Waals surface area contributed by atoms with Crippen molar-refractivity contribution < 1.29 is 32.3 Å². The van der Waals surface area contributed by atoms with Crippen LogP contribution in [0.25, 0.3) is 16.7 Å². The van der Waals surface area contributed by atoms with Gasteiger partial charge in [-0.3, -0.25) is 10.1 Å². The lowest BCUT2D eigenvalue weighted by Crippen LogP contribution is -2.18. The molecule has 3 aromatic heterocycles. The van der Waals surface area contributed by atoms with Gasteiger partial charge in [-0.1, -0.05) is 121 Å². The molecule has 7 heteroatoms. The van der Waals surface area contributed by atoms with Crippen molar-refractivity contribution in [2.75, 3.05) is 0 Å². The minimum Gasteiger partial charge on any atom is -0.358 e. The van der Waals surface area contributed by atoms with Gasteiger partial charge in [0.25, 0.3) is 0 Å². The average Bonchev–Trinajstić information content (AvgIpc) is 4.20. The van der Waals surface area contributed by atoms with Crippen molar-refractivity contribution in [3.8, 4) is 0 Å². The summed E-state index contributed by atoms with van der Waals surface area (Å²) >= 11 is 0. The van der Waals surface area contributed by atoms with Crippen LogP contribution in [-0.4, -0.2) is 26.1 Å². The molecule has 2 aliphatic rings. The molecule has 0 amide bonds. The summed E-state index contributed by atoms with van der Waals surface area (Å²) < 4.78 is 175. The molecule has 51 heavy (non-hydrogen) atoms. The third kappa shape index (κ3) is 5.28. The minimum absolute atomic E-state index is 0.00958. The van der Waals surface area contributed by atoms with Gasteiger partial charge in [-0.05, 0) is 58.7 Å². The molecule has 0 spiro atoms. The van der Waals surface area contributed by atoms with Crippen LogP contribution in [0.5, 0.6) is 0 Å². The number of nitro groups is 1. The minimum atomic E-state index is -1.74. The number of benzene rings is 4. The van der Waals surface area contributed by atoms with Crippen molar-refractivity contribution >= 4 is 22.9 Å². The predicted molar refractivity (Wildman–Crippen MR) is 201 cm³/mol. The van der Waals surface area contributed by atoms with Crippen LogP contribution in [0, 0.1) is 10.1 Å². The number of aliphatic imine (C=N–C) groups is 1. The normalized spacial score (nSPS) is 24.5. The van der Waals surface area contributed by atoms with Crippen LogP contribution in [0.3, 0.4) is 0 Å². The molecule has 4 aromatic carbocycles. The first kappa shape index (κ1) is 15.7. The first-order valence-electron chi connectivity index (χ1n) is 25.2. The van der Waals surface area contributed by atoms with Gasteiger partial charge in [0, 0.05) is 56.4 Å². The SMILES string of the molecule is [2H]c1c([2H])c([2H])c(/C2=c3\cc/c([nH]3)=C(\c3c([2H])c([2H])c([2H])c([2H])c3[2H])c3ccc([nH]3)[C@H](c3c([2H])c([2H])c([2H])c([2H])c3[2H])C3=C([N+](=O)[O-])/C(=C(/c4c([2H])c([2H])c([2H])c([2H])c4[2H])c4ccc2[nH]4)N=C3)c([2H])c1[2H]. The Morgan fingerprint density at radius 1 is 0.569 bits per heavy atom. The summed E-state index contributed by atoms with van der Waals surface area (Å²) in [5.41, 5.74) is -5.07. The first-order valence-corrected chi connectivity index (χ1v) is 15.2. The second kappa shape index (κ2) is 12.5. The smallest absolute Gasteiger partial charge is 0.301 e. The number of hydrogen-bond acceptors (Lipinski definition) is 3. The van der Waals surface area contributed by atoms with Crippen LogP contribution in [-0.2, 0) is 0 Å². The molecule has 0 radical (unpaired) electrons. The standard InChI is InChI=1S/C44H31N5O2/c50-49(51)44-32-27-45-43(44)42(31-19-11-4-12-20-31)38-26-25-37(48-38)41(30-17-9-3-10-18-30)36-24-23-35(47-36)40(29-15-7-2-8-16-29)34-22-21-33(46-34)39(32)28-13-5-1-6-14-28/h1-27,39,46-48H/b40-35-,41-36-,43-42+/t39-/m1/s1/i1D,2D,3D,4D,5D,6D,7D,8D,9D,10D,11D,12D,13D,14D,15D,16D,17D,18D,19D,20D. The number of hydrogen-bond donors (Lipinski definition) is 3. The highest BCUT2D eigenvalue weighted by atomic mass is 16.6. The zero-order valence-electron chi connectivity index (χ0n) is 45.8. The summed E-state index contributed by atoms with van der Waals surface area (Å²) in [5.74, 6) is -1.74. The number of aromatic amines is 3.